The molecule has 1 unspecified atom stereocenters. The lowest BCUT2D eigenvalue weighted by molar-refractivity contribution is -0.147. The van der Waals surface area contributed by atoms with Gasteiger partial charge in [0.2, 0.25) is 0 Å². The van der Waals surface area contributed by atoms with E-state index in [9.17, 15) is 13.6 Å². The van der Waals surface area contributed by atoms with Crippen LogP contribution in [-0.2, 0) is 27.8 Å². The Bertz CT molecular complexity index is 1010. The third-order valence-electron chi connectivity index (χ3n) is 5.02. The normalized spacial score (nSPS) is 18.4. The van der Waals surface area contributed by atoms with Gasteiger partial charge < -0.3 is 4.74 Å². The van der Waals surface area contributed by atoms with E-state index in [-0.39, 0.29) is 5.82 Å². The molecule has 4 nitrogen and oxygen atoms in total. The van der Waals surface area contributed by atoms with Gasteiger partial charge in [0.25, 0.3) is 0 Å². The summed E-state index contributed by atoms with van der Waals surface area (Å²) in [7, 11) is 1.34. The number of esters is 1. The van der Waals surface area contributed by atoms with Crippen molar-refractivity contribution in [2.75, 3.05) is 7.11 Å². The first kappa shape index (κ1) is 17.7. The number of methoxy groups -OCH3 is 1. The van der Waals surface area contributed by atoms with E-state index in [4.69, 9.17) is 4.74 Å². The number of hydrogen-bond acceptors (Lipinski definition) is 5. The second-order valence-corrected chi connectivity index (χ2v) is 7.67. The maximum Gasteiger partial charge on any atom is 0.317 e. The van der Waals surface area contributed by atoms with E-state index in [1.807, 2.05) is 0 Å². The molecule has 1 aliphatic carbocycles. The summed E-state index contributed by atoms with van der Waals surface area (Å²) in [6.07, 6.45) is 1.87. The highest BCUT2D eigenvalue weighted by molar-refractivity contribution is 7.15. The zero-order chi connectivity index (χ0) is 19.2. The highest BCUT2D eigenvalue weighted by Crippen LogP contribution is 2.45. The molecular formula is C20H16F2N2O2S. The van der Waals surface area contributed by atoms with Crippen LogP contribution in [0.25, 0.3) is 10.7 Å². The Labute approximate surface area is 158 Å². The number of halogens is 2. The van der Waals surface area contributed by atoms with Gasteiger partial charge in [0.05, 0.1) is 24.7 Å². The van der Waals surface area contributed by atoms with Gasteiger partial charge in [-0.2, -0.15) is 0 Å². The fraction of sp³-hybridized carbons (Fsp3) is 0.250. The molecule has 0 spiro atoms. The van der Waals surface area contributed by atoms with E-state index in [0.29, 0.717) is 34.7 Å². The van der Waals surface area contributed by atoms with Crippen molar-refractivity contribution >= 4 is 17.3 Å². The number of aromatic nitrogens is 2. The lowest BCUT2D eigenvalue weighted by Crippen LogP contribution is -2.39. The number of rotatable bonds is 3. The molecule has 1 aliphatic rings. The third kappa shape index (κ3) is 2.82. The zero-order valence-electron chi connectivity index (χ0n) is 14.8. The molecule has 1 atom stereocenters. The van der Waals surface area contributed by atoms with Crippen molar-refractivity contribution in [1.82, 2.24) is 9.97 Å². The lowest BCUT2D eigenvalue weighted by atomic mass is 9.76. The number of ether oxygens (including phenoxy) is 1. The molecule has 7 heteroatoms. The summed E-state index contributed by atoms with van der Waals surface area (Å²) in [5.74, 6) is -1.16. The van der Waals surface area contributed by atoms with Gasteiger partial charge in [0.15, 0.2) is 0 Å². The lowest BCUT2D eigenvalue weighted by Gasteiger charge is -2.28. The van der Waals surface area contributed by atoms with Crippen molar-refractivity contribution < 1.29 is 18.3 Å². The first-order valence-corrected chi connectivity index (χ1v) is 9.21. The molecule has 0 bridgehead atoms. The van der Waals surface area contributed by atoms with Gasteiger partial charge in [-0.25, -0.2) is 13.8 Å². The minimum Gasteiger partial charge on any atom is -0.468 e. The average Bonchev–Trinajstić information content (AvgIpc) is 3.21. The Hall–Kier alpha value is -2.67. The number of hydrogen-bond donors (Lipinski definition) is 0. The van der Waals surface area contributed by atoms with Gasteiger partial charge in [-0.05, 0) is 36.2 Å². The third-order valence-corrected chi connectivity index (χ3v) is 6.14. The number of thiazole rings is 1. The quantitative estimate of drug-likeness (QED) is 0.639. The maximum absolute atomic E-state index is 14.1. The molecule has 0 saturated heterocycles. The Balaban J connectivity index is 1.75. The number of fused-ring (bicyclic) bond motifs is 1. The van der Waals surface area contributed by atoms with E-state index in [1.165, 1.54) is 30.6 Å². The average molecular weight is 386 g/mol. The summed E-state index contributed by atoms with van der Waals surface area (Å²) >= 11 is 1.42. The summed E-state index contributed by atoms with van der Waals surface area (Å²) in [5.41, 5.74) is 1.44. The molecule has 1 aromatic carbocycles. The second-order valence-electron chi connectivity index (χ2n) is 6.59. The molecule has 0 amide bonds. The first-order valence-electron chi connectivity index (χ1n) is 8.39. The molecule has 0 fully saturated rings. The van der Waals surface area contributed by atoms with Crippen LogP contribution in [0, 0.1) is 18.6 Å². The summed E-state index contributed by atoms with van der Waals surface area (Å²) in [4.78, 5) is 22.3. The molecule has 138 valence electrons. The van der Waals surface area contributed by atoms with Crippen LogP contribution >= 0.6 is 11.3 Å². The minimum absolute atomic E-state index is 0.330. The van der Waals surface area contributed by atoms with Crippen molar-refractivity contribution in [1.29, 1.82) is 0 Å². The molecule has 0 N–H and O–H groups in total. The molecule has 0 saturated carbocycles. The van der Waals surface area contributed by atoms with Crippen molar-refractivity contribution in [3.63, 3.8) is 0 Å². The van der Waals surface area contributed by atoms with Crippen molar-refractivity contribution in [2.24, 2.45) is 0 Å². The van der Waals surface area contributed by atoms with Crippen LogP contribution < -0.4 is 0 Å². The predicted octanol–water partition coefficient (Wildman–Crippen LogP) is 4.00. The van der Waals surface area contributed by atoms with Crippen LogP contribution in [0.4, 0.5) is 8.78 Å². The van der Waals surface area contributed by atoms with Crippen molar-refractivity contribution in [3.05, 3.63) is 69.9 Å². The van der Waals surface area contributed by atoms with Gasteiger partial charge in [-0.3, -0.25) is 9.78 Å². The number of carbonyl (C=O) groups excluding carboxylic acids is 1. The van der Waals surface area contributed by atoms with Crippen LogP contribution in [0.1, 0.15) is 21.7 Å². The molecule has 2 aromatic heterocycles. The predicted molar refractivity (Wildman–Crippen MR) is 97.5 cm³/mol. The highest BCUT2D eigenvalue weighted by atomic mass is 32.1. The van der Waals surface area contributed by atoms with Gasteiger partial charge in [0.1, 0.15) is 22.1 Å². The maximum atomic E-state index is 14.1. The van der Waals surface area contributed by atoms with Crippen LogP contribution in [0.15, 0.2) is 36.5 Å². The largest absolute Gasteiger partial charge is 0.468 e. The van der Waals surface area contributed by atoms with Crippen LogP contribution in [0.3, 0.4) is 0 Å². The Morgan fingerprint density at radius 3 is 2.70 bits per heavy atom. The molecule has 2 heterocycles. The number of pyridine rings is 1. The molecule has 27 heavy (non-hydrogen) atoms. The highest BCUT2D eigenvalue weighted by Gasteiger charge is 2.49. The number of carbonyl (C=O) groups is 1. The van der Waals surface area contributed by atoms with E-state index >= 15 is 0 Å². The van der Waals surface area contributed by atoms with E-state index < -0.39 is 17.2 Å². The monoisotopic (exact) mass is 386 g/mol. The standard InChI is InChI=1S/C20H16F2N2O2S/c1-11-13(4-3-5-14(11)22)20(19(25)26-2)8-16-17(9-20)27-18(24-16)15-7-6-12(21)10-23-15/h3-7,10H,8-9H2,1-2H3. The van der Waals surface area contributed by atoms with E-state index in [1.54, 1.807) is 25.1 Å². The van der Waals surface area contributed by atoms with Crippen LogP contribution in [0.2, 0.25) is 0 Å². The van der Waals surface area contributed by atoms with Crippen LogP contribution in [0.5, 0.6) is 0 Å². The summed E-state index contributed by atoms with van der Waals surface area (Å²) < 4.78 is 32.3. The van der Waals surface area contributed by atoms with E-state index in [2.05, 4.69) is 9.97 Å². The van der Waals surface area contributed by atoms with Crippen LogP contribution in [-0.4, -0.2) is 23.0 Å². The number of benzene rings is 1. The first-order chi connectivity index (χ1) is 12.9. The second kappa shape index (κ2) is 6.49. The minimum atomic E-state index is -0.982. The number of nitrogens with zero attached hydrogens (tertiary/aromatic N) is 2. The van der Waals surface area contributed by atoms with Gasteiger partial charge in [0, 0.05) is 17.7 Å². The molecule has 0 radical (unpaired) electrons. The van der Waals surface area contributed by atoms with Crippen molar-refractivity contribution in [2.45, 2.75) is 25.2 Å². The van der Waals surface area contributed by atoms with Crippen molar-refractivity contribution in [3.8, 4) is 10.7 Å². The van der Waals surface area contributed by atoms with Gasteiger partial charge >= 0.3 is 5.97 Å². The Morgan fingerprint density at radius 1 is 1.22 bits per heavy atom. The molecule has 0 aliphatic heterocycles. The zero-order valence-corrected chi connectivity index (χ0v) is 15.6. The molecule has 3 aromatic rings. The Kier molecular flexibility index (Phi) is 4.26. The smallest absolute Gasteiger partial charge is 0.317 e. The summed E-state index contributed by atoms with van der Waals surface area (Å²) in [6.45, 7) is 1.67. The Morgan fingerprint density at radius 2 is 2.04 bits per heavy atom. The summed E-state index contributed by atoms with van der Waals surface area (Å²) in [6, 6.07) is 7.67. The van der Waals surface area contributed by atoms with Gasteiger partial charge in [-0.1, -0.05) is 12.1 Å². The van der Waals surface area contributed by atoms with Gasteiger partial charge in [-0.15, -0.1) is 11.3 Å². The molecular weight excluding hydrogens is 370 g/mol. The fourth-order valence-corrected chi connectivity index (χ4v) is 4.83. The topological polar surface area (TPSA) is 52.1 Å². The summed E-state index contributed by atoms with van der Waals surface area (Å²) in [5, 5.41) is 0.675. The molecule has 4 rings (SSSR count). The fourth-order valence-electron chi connectivity index (χ4n) is 3.66. The SMILES string of the molecule is COC(=O)C1(c2cccc(F)c2C)Cc2nc(-c3ccc(F)cn3)sc2C1. The van der Waals surface area contributed by atoms with E-state index in [0.717, 1.165) is 16.8 Å².